The molecule has 2 aromatic rings. The van der Waals surface area contributed by atoms with Gasteiger partial charge in [-0.2, -0.15) is 13.2 Å². The summed E-state index contributed by atoms with van der Waals surface area (Å²) in [6.07, 6.45) is 4.71. The molecule has 4 aliphatic carbocycles. The van der Waals surface area contributed by atoms with Crippen molar-refractivity contribution in [1.29, 1.82) is 0 Å². The molecule has 180 valence electrons. The van der Waals surface area contributed by atoms with Crippen LogP contribution in [0.5, 0.6) is 0 Å². The summed E-state index contributed by atoms with van der Waals surface area (Å²) in [6.45, 7) is 2.43. The van der Waals surface area contributed by atoms with E-state index >= 15 is 0 Å². The minimum Gasteiger partial charge on any atom is -0.404 e. The SMILES string of the molecule is Cc1cnc2c(C34CC(C(F)(F)F)(C3)C4)nc([C@H]3CCO[C@@H](/C(C=NC4CC4)=C/N)C3)cc2n1. The normalized spacial score (nSPS) is 33.7. The number of hydrogen-bond donors (Lipinski definition) is 1. The molecule has 0 amide bonds. The van der Waals surface area contributed by atoms with Crippen LogP contribution in [0.25, 0.3) is 11.0 Å². The molecule has 1 saturated heterocycles. The fourth-order valence-corrected chi connectivity index (χ4v) is 6.00. The number of nitrogens with two attached hydrogens (primary N) is 1. The highest BCUT2D eigenvalue weighted by atomic mass is 19.4. The Morgan fingerprint density at radius 2 is 1.97 bits per heavy atom. The maximum atomic E-state index is 13.5. The largest absolute Gasteiger partial charge is 0.404 e. The molecule has 1 aliphatic heterocycles. The Balaban J connectivity index is 1.32. The van der Waals surface area contributed by atoms with Gasteiger partial charge in [0.15, 0.2) is 0 Å². The quantitative estimate of drug-likeness (QED) is 0.642. The van der Waals surface area contributed by atoms with Crippen LogP contribution < -0.4 is 5.73 Å². The number of ether oxygens (including phenoxy) is 1. The minimum atomic E-state index is -4.16. The first-order valence-corrected chi connectivity index (χ1v) is 12.0. The molecule has 5 fully saturated rings. The maximum Gasteiger partial charge on any atom is 0.394 e. The van der Waals surface area contributed by atoms with Crippen molar-refractivity contribution in [1.82, 2.24) is 15.0 Å². The van der Waals surface area contributed by atoms with Crippen LogP contribution >= 0.6 is 0 Å². The van der Waals surface area contributed by atoms with Crippen LogP contribution in [-0.2, 0) is 10.2 Å². The molecule has 4 saturated carbocycles. The van der Waals surface area contributed by atoms with Crippen LogP contribution in [0.2, 0.25) is 0 Å². The summed E-state index contributed by atoms with van der Waals surface area (Å²) in [7, 11) is 0. The third-order valence-corrected chi connectivity index (χ3v) is 8.05. The third-order valence-electron chi connectivity index (χ3n) is 8.05. The molecule has 0 radical (unpaired) electrons. The molecule has 34 heavy (non-hydrogen) atoms. The Morgan fingerprint density at radius 1 is 1.21 bits per heavy atom. The number of pyridine rings is 1. The first kappa shape index (κ1) is 21.9. The van der Waals surface area contributed by atoms with Crippen molar-refractivity contribution in [2.24, 2.45) is 16.1 Å². The van der Waals surface area contributed by atoms with E-state index in [1.807, 2.05) is 19.2 Å². The molecule has 2 aromatic heterocycles. The van der Waals surface area contributed by atoms with Gasteiger partial charge in [-0.25, -0.2) is 4.98 Å². The lowest BCUT2D eigenvalue weighted by atomic mass is 9.34. The van der Waals surface area contributed by atoms with Crippen LogP contribution in [0.15, 0.2) is 29.0 Å². The fraction of sp³-hybridized carbons (Fsp3) is 0.600. The molecule has 5 aliphatic rings. The van der Waals surface area contributed by atoms with Crippen molar-refractivity contribution in [2.45, 2.75) is 81.5 Å². The Kier molecular flexibility index (Phi) is 4.82. The molecule has 2 atom stereocenters. The zero-order valence-electron chi connectivity index (χ0n) is 19.1. The summed E-state index contributed by atoms with van der Waals surface area (Å²) < 4.78 is 46.6. The van der Waals surface area contributed by atoms with Crippen molar-refractivity contribution in [3.05, 3.63) is 41.1 Å². The van der Waals surface area contributed by atoms with E-state index < -0.39 is 17.0 Å². The van der Waals surface area contributed by atoms with E-state index in [0.717, 1.165) is 36.2 Å². The van der Waals surface area contributed by atoms with Crippen LogP contribution in [0.3, 0.4) is 0 Å². The summed E-state index contributed by atoms with van der Waals surface area (Å²) in [5, 5.41) is 0. The second kappa shape index (κ2) is 7.47. The van der Waals surface area contributed by atoms with E-state index in [0.29, 0.717) is 35.8 Å². The predicted octanol–water partition coefficient (Wildman–Crippen LogP) is 4.66. The molecular weight excluding hydrogens is 443 g/mol. The Hall–Kier alpha value is -2.55. The topological polar surface area (TPSA) is 86.3 Å². The lowest BCUT2D eigenvalue weighted by Crippen LogP contribution is -2.70. The number of aryl methyl sites for hydroxylation is 1. The standard InChI is InChI=1S/C25H28F3N5O/c1-14-9-31-21-19(32-14)7-18(33-22(21)23-11-24(12-23,13-23)25(26,27)28)15-4-5-34-20(6-15)16(8-29)10-30-17-2-3-17/h7-10,15,17,20H,2-6,11-13,29H2,1H3/b16-8+,30-10?/t15-,20+,23?,24?/m0/s1. The van der Waals surface area contributed by atoms with Gasteiger partial charge in [-0.1, -0.05) is 0 Å². The Morgan fingerprint density at radius 3 is 2.65 bits per heavy atom. The lowest BCUT2D eigenvalue weighted by molar-refractivity contribution is -0.337. The number of hydrogen-bond acceptors (Lipinski definition) is 6. The van der Waals surface area contributed by atoms with Gasteiger partial charge in [-0.15, -0.1) is 0 Å². The van der Waals surface area contributed by atoms with Crippen molar-refractivity contribution in [2.75, 3.05) is 6.61 Å². The first-order valence-electron chi connectivity index (χ1n) is 12.0. The van der Waals surface area contributed by atoms with E-state index in [-0.39, 0.29) is 31.3 Å². The van der Waals surface area contributed by atoms with Crippen LogP contribution in [0.4, 0.5) is 13.2 Å². The highest BCUT2D eigenvalue weighted by Crippen LogP contribution is 2.78. The van der Waals surface area contributed by atoms with Crippen molar-refractivity contribution >= 4 is 17.2 Å². The molecular formula is C25H28F3N5O. The van der Waals surface area contributed by atoms with Gasteiger partial charge in [0.1, 0.15) is 5.52 Å². The van der Waals surface area contributed by atoms with E-state index in [9.17, 15) is 13.2 Å². The summed E-state index contributed by atoms with van der Waals surface area (Å²) in [5.74, 6) is 0.0948. The number of rotatable bonds is 5. The molecule has 3 heterocycles. The van der Waals surface area contributed by atoms with Crippen LogP contribution in [0, 0.1) is 12.3 Å². The Labute approximate surface area is 195 Å². The third kappa shape index (κ3) is 3.42. The Bertz CT molecular complexity index is 1180. The zero-order valence-corrected chi connectivity index (χ0v) is 19.1. The van der Waals surface area contributed by atoms with Crippen molar-refractivity contribution in [3.8, 4) is 0 Å². The summed E-state index contributed by atoms with van der Waals surface area (Å²) in [5.41, 5.74) is 8.32. The molecule has 2 N–H and O–H groups in total. The van der Waals surface area contributed by atoms with Crippen LogP contribution in [-0.4, -0.2) is 46.1 Å². The molecule has 6 nitrogen and oxygen atoms in total. The number of aliphatic imine (C=N–C) groups is 1. The van der Waals surface area contributed by atoms with Crippen molar-refractivity contribution < 1.29 is 17.9 Å². The van der Waals surface area contributed by atoms with Gasteiger partial charge in [-0.05, 0) is 57.9 Å². The average molecular weight is 472 g/mol. The molecule has 7 rings (SSSR count). The predicted molar refractivity (Wildman–Crippen MR) is 122 cm³/mol. The van der Waals surface area contributed by atoms with E-state index in [2.05, 4.69) is 15.0 Å². The molecule has 9 heteroatoms. The molecule has 2 bridgehead atoms. The van der Waals surface area contributed by atoms with E-state index in [1.54, 1.807) is 12.4 Å². The molecule has 0 unspecified atom stereocenters. The average Bonchev–Trinajstić information content (AvgIpc) is 3.55. The second-order valence-corrected chi connectivity index (χ2v) is 10.6. The maximum absolute atomic E-state index is 13.5. The van der Waals surface area contributed by atoms with Gasteiger partial charge in [0, 0.05) is 47.8 Å². The number of nitrogens with zero attached hydrogens (tertiary/aromatic N) is 4. The number of aromatic nitrogens is 3. The number of alkyl halides is 3. The minimum absolute atomic E-state index is 0.0948. The van der Waals surface area contributed by atoms with E-state index in [1.165, 1.54) is 0 Å². The summed E-state index contributed by atoms with van der Waals surface area (Å²) >= 11 is 0. The van der Waals surface area contributed by atoms with Gasteiger partial charge < -0.3 is 10.5 Å². The van der Waals surface area contributed by atoms with Crippen molar-refractivity contribution in [3.63, 3.8) is 0 Å². The smallest absolute Gasteiger partial charge is 0.394 e. The molecule has 0 spiro atoms. The number of fused-ring (bicyclic) bond motifs is 1. The van der Waals surface area contributed by atoms with Gasteiger partial charge >= 0.3 is 6.18 Å². The van der Waals surface area contributed by atoms with Gasteiger partial charge in [0.05, 0.1) is 34.5 Å². The monoisotopic (exact) mass is 471 g/mol. The van der Waals surface area contributed by atoms with Gasteiger partial charge in [-0.3, -0.25) is 15.0 Å². The highest BCUT2D eigenvalue weighted by molar-refractivity contribution is 5.80. The van der Waals surface area contributed by atoms with Crippen LogP contribution in [0.1, 0.15) is 67.9 Å². The first-order chi connectivity index (χ1) is 16.2. The molecule has 0 aromatic carbocycles. The summed E-state index contributed by atoms with van der Waals surface area (Å²) in [4.78, 5) is 18.8. The fourth-order valence-electron chi connectivity index (χ4n) is 6.00. The van der Waals surface area contributed by atoms with E-state index in [4.69, 9.17) is 15.5 Å². The van der Waals surface area contributed by atoms with Gasteiger partial charge in [0.2, 0.25) is 0 Å². The van der Waals surface area contributed by atoms with Gasteiger partial charge in [0.25, 0.3) is 0 Å². The second-order valence-electron chi connectivity index (χ2n) is 10.6. The highest BCUT2D eigenvalue weighted by Gasteiger charge is 2.79. The zero-order chi connectivity index (χ0) is 23.7. The summed E-state index contributed by atoms with van der Waals surface area (Å²) in [6, 6.07) is 2.36. The number of halogens is 3. The lowest BCUT2D eigenvalue weighted by Gasteiger charge is -2.70.